The van der Waals surface area contributed by atoms with E-state index in [2.05, 4.69) is 27.2 Å². The van der Waals surface area contributed by atoms with Gasteiger partial charge in [0.2, 0.25) is 0 Å². The molecule has 2 heterocycles. The van der Waals surface area contributed by atoms with Crippen molar-refractivity contribution in [3.63, 3.8) is 0 Å². The number of hydrogen-bond acceptors (Lipinski definition) is 6. The lowest BCUT2D eigenvalue weighted by atomic mass is 9.94. The van der Waals surface area contributed by atoms with Crippen LogP contribution in [0.15, 0.2) is 59.9 Å². The highest BCUT2D eigenvalue weighted by Gasteiger charge is 2.20. The maximum Gasteiger partial charge on any atom is 0.251 e. The number of nitrogens with zero attached hydrogens (tertiary/aromatic N) is 4. The van der Waals surface area contributed by atoms with Crippen molar-refractivity contribution in [2.24, 2.45) is 0 Å². The summed E-state index contributed by atoms with van der Waals surface area (Å²) in [6.45, 7) is 0.544. The monoisotopic (exact) mass is 495 g/mol. The van der Waals surface area contributed by atoms with Gasteiger partial charge in [0.15, 0.2) is 5.16 Å². The number of pyridine rings is 1. The molecule has 4 rings (SSSR count). The minimum absolute atomic E-state index is 0.0850. The van der Waals surface area contributed by atoms with Crippen LogP contribution in [-0.4, -0.2) is 40.5 Å². The van der Waals surface area contributed by atoms with Crippen molar-refractivity contribution in [2.45, 2.75) is 55.5 Å². The standard InChI is InChI=1S/C26H30ClN5OS/c1-32(22-11-3-2-4-12-22)24-17-23(27)30-26(31-24)34-18-19-8-7-9-20(16-19)25(33)29-15-13-21-10-5-6-14-28-21/h5-10,14,16-17,22H,2-4,11-13,15,18H2,1H3,(H,29,33). The average Bonchev–Trinajstić information content (AvgIpc) is 2.88. The summed E-state index contributed by atoms with van der Waals surface area (Å²) in [6, 6.07) is 15.8. The Morgan fingerprint density at radius 2 is 1.97 bits per heavy atom. The molecule has 1 amide bonds. The number of hydrogen-bond donors (Lipinski definition) is 1. The third-order valence-electron chi connectivity index (χ3n) is 6.09. The summed E-state index contributed by atoms with van der Waals surface area (Å²) in [5, 5.41) is 4.08. The van der Waals surface area contributed by atoms with Crippen molar-refractivity contribution in [2.75, 3.05) is 18.5 Å². The first-order chi connectivity index (χ1) is 16.6. The molecule has 1 aliphatic rings. The number of benzene rings is 1. The second-order valence-corrected chi connectivity index (χ2v) is 9.88. The first-order valence-corrected chi connectivity index (χ1v) is 13.1. The first kappa shape index (κ1) is 24.5. The molecule has 0 spiro atoms. The number of halogens is 1. The molecule has 1 aromatic carbocycles. The number of thioether (sulfide) groups is 1. The van der Waals surface area contributed by atoms with Gasteiger partial charge < -0.3 is 10.2 Å². The zero-order valence-corrected chi connectivity index (χ0v) is 21.0. The lowest BCUT2D eigenvalue weighted by molar-refractivity contribution is 0.0954. The van der Waals surface area contributed by atoms with Gasteiger partial charge in [0, 0.05) is 55.3 Å². The molecular weight excluding hydrogens is 466 g/mol. The highest BCUT2D eigenvalue weighted by atomic mass is 35.5. The van der Waals surface area contributed by atoms with Crippen LogP contribution in [0.3, 0.4) is 0 Å². The van der Waals surface area contributed by atoms with E-state index in [4.69, 9.17) is 16.6 Å². The van der Waals surface area contributed by atoms with Crippen molar-refractivity contribution >= 4 is 35.1 Å². The lowest BCUT2D eigenvalue weighted by Gasteiger charge is -2.32. The second-order valence-electron chi connectivity index (χ2n) is 8.55. The molecular formula is C26H30ClN5OS. The van der Waals surface area contributed by atoms with Gasteiger partial charge in [-0.1, -0.05) is 60.8 Å². The normalized spacial score (nSPS) is 14.1. The topological polar surface area (TPSA) is 71.0 Å². The molecule has 1 N–H and O–H groups in total. The van der Waals surface area contributed by atoms with E-state index in [9.17, 15) is 4.79 Å². The van der Waals surface area contributed by atoms with Gasteiger partial charge in [-0.25, -0.2) is 9.97 Å². The number of carbonyl (C=O) groups is 1. The van der Waals surface area contributed by atoms with Crippen molar-refractivity contribution in [1.29, 1.82) is 0 Å². The molecule has 6 nitrogen and oxygen atoms in total. The SMILES string of the molecule is CN(c1cc(Cl)nc(SCc2cccc(C(=O)NCCc3ccccn3)c2)n1)C1CCCCC1. The molecule has 1 saturated carbocycles. The van der Waals surface area contributed by atoms with Gasteiger partial charge in [-0.05, 0) is 42.7 Å². The first-order valence-electron chi connectivity index (χ1n) is 11.8. The summed E-state index contributed by atoms with van der Waals surface area (Å²) in [4.78, 5) is 28.3. The molecule has 0 radical (unpaired) electrons. The van der Waals surface area contributed by atoms with Crippen LogP contribution in [0, 0.1) is 0 Å². The fourth-order valence-electron chi connectivity index (χ4n) is 4.19. The molecule has 3 aromatic rings. The fourth-order valence-corrected chi connectivity index (χ4v) is 5.21. The van der Waals surface area contributed by atoms with E-state index >= 15 is 0 Å². The zero-order chi connectivity index (χ0) is 23.8. The van der Waals surface area contributed by atoms with Crippen molar-refractivity contribution < 1.29 is 4.79 Å². The average molecular weight is 496 g/mol. The molecule has 0 unspecified atom stereocenters. The smallest absolute Gasteiger partial charge is 0.251 e. The van der Waals surface area contributed by atoms with Crippen LogP contribution in [0.5, 0.6) is 0 Å². The van der Waals surface area contributed by atoms with E-state index in [-0.39, 0.29) is 5.91 Å². The predicted molar refractivity (Wildman–Crippen MR) is 139 cm³/mol. The van der Waals surface area contributed by atoms with Crippen LogP contribution in [0.4, 0.5) is 5.82 Å². The van der Waals surface area contributed by atoms with Gasteiger partial charge in [-0.15, -0.1) is 0 Å². The van der Waals surface area contributed by atoms with Crippen molar-refractivity contribution in [1.82, 2.24) is 20.3 Å². The molecule has 1 aliphatic carbocycles. The highest BCUT2D eigenvalue weighted by Crippen LogP contribution is 2.29. The zero-order valence-electron chi connectivity index (χ0n) is 19.4. The molecule has 0 bridgehead atoms. The van der Waals surface area contributed by atoms with E-state index in [0.717, 1.165) is 17.1 Å². The summed E-state index contributed by atoms with van der Waals surface area (Å²) < 4.78 is 0. The lowest BCUT2D eigenvalue weighted by Crippen LogP contribution is -2.34. The van der Waals surface area contributed by atoms with Crippen LogP contribution in [0.2, 0.25) is 5.15 Å². The van der Waals surface area contributed by atoms with Gasteiger partial charge in [0.05, 0.1) is 0 Å². The number of nitrogens with one attached hydrogen (secondary N) is 1. The number of anilines is 1. The Labute approximate surface area is 210 Å². The Morgan fingerprint density at radius 3 is 2.76 bits per heavy atom. The van der Waals surface area contributed by atoms with E-state index in [0.29, 0.717) is 40.6 Å². The quantitative estimate of drug-likeness (QED) is 0.238. The molecule has 2 aromatic heterocycles. The van der Waals surface area contributed by atoms with Gasteiger partial charge in [0.25, 0.3) is 5.91 Å². The van der Waals surface area contributed by atoms with Crippen molar-refractivity contribution in [3.05, 3.63) is 76.7 Å². The number of carbonyl (C=O) groups excluding carboxylic acids is 1. The molecule has 8 heteroatoms. The Hall–Kier alpha value is -2.64. The summed E-state index contributed by atoms with van der Waals surface area (Å²) in [5.74, 6) is 1.44. The van der Waals surface area contributed by atoms with E-state index in [1.165, 1.54) is 43.9 Å². The minimum Gasteiger partial charge on any atom is -0.357 e. The highest BCUT2D eigenvalue weighted by molar-refractivity contribution is 7.98. The van der Waals surface area contributed by atoms with Crippen LogP contribution < -0.4 is 10.2 Å². The third kappa shape index (κ3) is 6.93. The van der Waals surface area contributed by atoms with Crippen LogP contribution in [0.25, 0.3) is 0 Å². The summed E-state index contributed by atoms with van der Waals surface area (Å²) >= 11 is 7.85. The Bertz CT molecular complexity index is 1090. The fraction of sp³-hybridized carbons (Fsp3) is 0.385. The van der Waals surface area contributed by atoms with Gasteiger partial charge in [-0.2, -0.15) is 0 Å². The Morgan fingerprint density at radius 1 is 1.12 bits per heavy atom. The Kier molecular flexibility index (Phi) is 8.77. The molecule has 34 heavy (non-hydrogen) atoms. The number of aromatic nitrogens is 3. The maximum absolute atomic E-state index is 12.6. The summed E-state index contributed by atoms with van der Waals surface area (Å²) in [5.41, 5.74) is 2.64. The molecule has 0 aliphatic heterocycles. The van der Waals surface area contributed by atoms with Crippen molar-refractivity contribution in [3.8, 4) is 0 Å². The Balaban J connectivity index is 1.34. The number of amides is 1. The minimum atomic E-state index is -0.0850. The molecule has 178 valence electrons. The molecule has 1 fully saturated rings. The predicted octanol–water partition coefficient (Wildman–Crippen LogP) is 5.56. The maximum atomic E-state index is 12.6. The summed E-state index contributed by atoms with van der Waals surface area (Å²) in [7, 11) is 2.10. The van der Waals surface area contributed by atoms with Crippen LogP contribution in [0.1, 0.15) is 53.7 Å². The second kappa shape index (κ2) is 12.2. The van der Waals surface area contributed by atoms with Gasteiger partial charge in [0.1, 0.15) is 11.0 Å². The van der Waals surface area contributed by atoms with E-state index < -0.39 is 0 Å². The largest absolute Gasteiger partial charge is 0.357 e. The van der Waals surface area contributed by atoms with E-state index in [1.54, 1.807) is 6.20 Å². The molecule has 0 saturated heterocycles. The summed E-state index contributed by atoms with van der Waals surface area (Å²) in [6.07, 6.45) is 8.70. The van der Waals surface area contributed by atoms with E-state index in [1.807, 2.05) is 48.5 Å². The third-order valence-corrected chi connectivity index (χ3v) is 7.21. The van der Waals surface area contributed by atoms with Crippen LogP contribution >= 0.6 is 23.4 Å². The van der Waals surface area contributed by atoms with Gasteiger partial charge in [-0.3, -0.25) is 9.78 Å². The van der Waals surface area contributed by atoms with Crippen LogP contribution in [-0.2, 0) is 12.2 Å². The van der Waals surface area contributed by atoms with Gasteiger partial charge >= 0.3 is 0 Å². The number of rotatable bonds is 9. The molecule has 0 atom stereocenters.